The Labute approximate surface area is 188 Å². The Hall–Kier alpha value is -1.73. The SMILES string of the molecule is CN(CC(C)(C)CN)C(=O)c1ccccc1CSc1nc2ccccc2[nH]1.Cl.Cl. The van der Waals surface area contributed by atoms with Crippen LogP contribution in [0.25, 0.3) is 11.0 Å². The lowest BCUT2D eigenvalue weighted by Crippen LogP contribution is -2.40. The van der Waals surface area contributed by atoms with Gasteiger partial charge in [0.25, 0.3) is 5.91 Å². The van der Waals surface area contributed by atoms with E-state index in [9.17, 15) is 4.79 Å². The van der Waals surface area contributed by atoms with Crippen molar-refractivity contribution in [3.63, 3.8) is 0 Å². The van der Waals surface area contributed by atoms with Crippen LogP contribution in [0.15, 0.2) is 53.7 Å². The first-order valence-electron chi connectivity index (χ1n) is 9.00. The van der Waals surface area contributed by atoms with Crippen molar-refractivity contribution in [1.29, 1.82) is 0 Å². The molecule has 158 valence electrons. The molecule has 0 aliphatic heterocycles. The summed E-state index contributed by atoms with van der Waals surface area (Å²) >= 11 is 1.60. The van der Waals surface area contributed by atoms with Gasteiger partial charge in [0.2, 0.25) is 0 Å². The number of imidazole rings is 1. The van der Waals surface area contributed by atoms with Crippen LogP contribution in [0.2, 0.25) is 0 Å². The Balaban J connectivity index is 0.00000210. The number of nitrogens with one attached hydrogen (secondary N) is 1. The number of hydrogen-bond acceptors (Lipinski definition) is 4. The number of rotatable bonds is 7. The minimum atomic E-state index is -0.109. The molecule has 0 radical (unpaired) electrons. The van der Waals surface area contributed by atoms with Gasteiger partial charge in [-0.05, 0) is 35.7 Å². The monoisotopic (exact) mass is 454 g/mol. The van der Waals surface area contributed by atoms with Crippen LogP contribution in [0.1, 0.15) is 29.8 Å². The molecule has 8 heteroatoms. The predicted molar refractivity (Wildman–Crippen MR) is 126 cm³/mol. The molecular formula is C21H28Cl2N4OS. The molecule has 0 saturated heterocycles. The van der Waals surface area contributed by atoms with Gasteiger partial charge >= 0.3 is 0 Å². The van der Waals surface area contributed by atoms with E-state index >= 15 is 0 Å². The van der Waals surface area contributed by atoms with E-state index in [1.54, 1.807) is 16.7 Å². The highest BCUT2D eigenvalue weighted by atomic mass is 35.5. The number of aromatic amines is 1. The normalized spacial score (nSPS) is 10.9. The fourth-order valence-corrected chi connectivity index (χ4v) is 3.87. The van der Waals surface area contributed by atoms with Crippen LogP contribution in [0.4, 0.5) is 0 Å². The molecule has 0 fully saturated rings. The van der Waals surface area contributed by atoms with Crippen LogP contribution in [0.5, 0.6) is 0 Å². The van der Waals surface area contributed by atoms with E-state index in [1.807, 2.05) is 55.6 Å². The fourth-order valence-electron chi connectivity index (χ4n) is 2.98. The second kappa shape index (κ2) is 10.9. The zero-order valence-electron chi connectivity index (χ0n) is 16.8. The van der Waals surface area contributed by atoms with Gasteiger partial charge in [0.05, 0.1) is 11.0 Å². The zero-order valence-corrected chi connectivity index (χ0v) is 19.3. The first-order valence-corrected chi connectivity index (χ1v) is 9.99. The molecule has 3 rings (SSSR count). The lowest BCUT2D eigenvalue weighted by molar-refractivity contribution is 0.0739. The van der Waals surface area contributed by atoms with Gasteiger partial charge in [-0.25, -0.2) is 4.98 Å². The molecule has 3 aromatic rings. The van der Waals surface area contributed by atoms with Crippen molar-refractivity contribution in [2.45, 2.75) is 24.8 Å². The lowest BCUT2D eigenvalue weighted by Gasteiger charge is -2.29. The van der Waals surface area contributed by atoms with E-state index in [0.717, 1.165) is 27.3 Å². The summed E-state index contributed by atoms with van der Waals surface area (Å²) in [5, 5.41) is 0.857. The van der Waals surface area contributed by atoms with Crippen molar-refractivity contribution in [3.05, 3.63) is 59.7 Å². The predicted octanol–water partition coefficient (Wildman–Crippen LogP) is 4.76. The second-order valence-electron chi connectivity index (χ2n) is 7.53. The van der Waals surface area contributed by atoms with Crippen LogP contribution in [-0.2, 0) is 5.75 Å². The molecule has 1 amide bonds. The summed E-state index contributed by atoms with van der Waals surface area (Å²) in [6.45, 7) is 5.29. The summed E-state index contributed by atoms with van der Waals surface area (Å²) in [4.78, 5) is 22.6. The summed E-state index contributed by atoms with van der Waals surface area (Å²) in [7, 11) is 1.84. The molecule has 2 aromatic carbocycles. The number of fused-ring (bicyclic) bond motifs is 1. The standard InChI is InChI=1S/C21H26N4OS.2ClH/c1-21(2,13-22)14-25(3)19(26)16-9-5-4-8-15(16)12-27-20-23-17-10-6-7-11-18(17)24-20;;/h4-11H,12-14,22H2,1-3H3,(H,23,24);2*1H. The Morgan fingerprint density at radius 3 is 2.48 bits per heavy atom. The molecule has 0 unspecified atom stereocenters. The van der Waals surface area contributed by atoms with Gasteiger partial charge in [0, 0.05) is 24.9 Å². The largest absolute Gasteiger partial charge is 0.341 e. The highest BCUT2D eigenvalue weighted by Gasteiger charge is 2.23. The Morgan fingerprint density at radius 2 is 1.79 bits per heavy atom. The smallest absolute Gasteiger partial charge is 0.253 e. The van der Waals surface area contributed by atoms with Gasteiger partial charge in [-0.1, -0.05) is 55.9 Å². The summed E-state index contributed by atoms with van der Waals surface area (Å²) in [5.41, 5.74) is 9.42. The van der Waals surface area contributed by atoms with Crippen LogP contribution < -0.4 is 5.73 Å². The fraction of sp³-hybridized carbons (Fsp3) is 0.333. The van der Waals surface area contributed by atoms with Gasteiger partial charge in [-0.3, -0.25) is 4.79 Å². The van der Waals surface area contributed by atoms with Crippen molar-refractivity contribution < 1.29 is 4.79 Å². The molecule has 0 saturated carbocycles. The molecule has 3 N–H and O–H groups in total. The number of hydrogen-bond donors (Lipinski definition) is 2. The first-order chi connectivity index (χ1) is 12.9. The Bertz CT molecular complexity index is 912. The van der Waals surface area contributed by atoms with Crippen molar-refractivity contribution in [1.82, 2.24) is 14.9 Å². The van der Waals surface area contributed by atoms with Crippen molar-refractivity contribution in [2.24, 2.45) is 11.1 Å². The van der Waals surface area contributed by atoms with Gasteiger partial charge in [-0.2, -0.15) is 0 Å². The molecule has 0 atom stereocenters. The van der Waals surface area contributed by atoms with Crippen molar-refractivity contribution >= 4 is 53.5 Å². The molecule has 0 bridgehead atoms. The number of benzene rings is 2. The van der Waals surface area contributed by atoms with E-state index in [0.29, 0.717) is 18.8 Å². The highest BCUT2D eigenvalue weighted by molar-refractivity contribution is 7.98. The number of para-hydroxylation sites is 2. The first kappa shape index (κ1) is 25.3. The molecule has 1 heterocycles. The maximum absolute atomic E-state index is 13.0. The Morgan fingerprint density at radius 1 is 1.14 bits per heavy atom. The maximum atomic E-state index is 13.0. The third-order valence-corrected chi connectivity index (χ3v) is 5.47. The van der Waals surface area contributed by atoms with E-state index in [1.165, 1.54) is 0 Å². The zero-order chi connectivity index (χ0) is 19.4. The second-order valence-corrected chi connectivity index (χ2v) is 8.50. The summed E-state index contributed by atoms with van der Waals surface area (Å²) < 4.78 is 0. The number of H-pyrrole nitrogens is 1. The maximum Gasteiger partial charge on any atom is 0.253 e. The van der Waals surface area contributed by atoms with Crippen LogP contribution in [0.3, 0.4) is 0 Å². The lowest BCUT2D eigenvalue weighted by atomic mass is 9.93. The van der Waals surface area contributed by atoms with Gasteiger partial charge in [0.1, 0.15) is 0 Å². The highest BCUT2D eigenvalue weighted by Crippen LogP contribution is 2.25. The third kappa shape index (κ3) is 6.37. The summed E-state index contributed by atoms with van der Waals surface area (Å²) in [6, 6.07) is 15.7. The topological polar surface area (TPSA) is 75.0 Å². The quantitative estimate of drug-likeness (QED) is 0.504. The Kier molecular flexibility index (Phi) is 9.49. The minimum Gasteiger partial charge on any atom is -0.341 e. The molecule has 0 aliphatic carbocycles. The molecule has 0 aliphatic rings. The number of thioether (sulfide) groups is 1. The van der Waals surface area contributed by atoms with E-state index in [2.05, 4.69) is 23.8 Å². The average Bonchev–Trinajstić information content (AvgIpc) is 3.08. The van der Waals surface area contributed by atoms with E-state index in [4.69, 9.17) is 5.73 Å². The third-order valence-electron chi connectivity index (χ3n) is 4.54. The number of amides is 1. The molecule has 1 aromatic heterocycles. The number of nitrogens with two attached hydrogens (primary N) is 1. The molecular weight excluding hydrogens is 427 g/mol. The van der Waals surface area contributed by atoms with E-state index < -0.39 is 0 Å². The summed E-state index contributed by atoms with van der Waals surface area (Å²) in [6.07, 6.45) is 0. The number of carbonyl (C=O) groups is 1. The number of carbonyl (C=O) groups excluding carboxylic acids is 1. The molecule has 29 heavy (non-hydrogen) atoms. The minimum absolute atomic E-state index is 0. The van der Waals surface area contributed by atoms with Crippen LogP contribution in [0, 0.1) is 5.41 Å². The van der Waals surface area contributed by atoms with Crippen LogP contribution >= 0.6 is 36.6 Å². The summed E-state index contributed by atoms with van der Waals surface area (Å²) in [5.74, 6) is 0.702. The van der Waals surface area contributed by atoms with Crippen molar-refractivity contribution in [2.75, 3.05) is 20.1 Å². The molecule has 5 nitrogen and oxygen atoms in total. The van der Waals surface area contributed by atoms with E-state index in [-0.39, 0.29) is 36.1 Å². The van der Waals surface area contributed by atoms with Gasteiger partial charge in [0.15, 0.2) is 5.16 Å². The number of nitrogens with zero attached hydrogens (tertiary/aromatic N) is 2. The van der Waals surface area contributed by atoms with Gasteiger partial charge in [-0.15, -0.1) is 24.8 Å². The molecule has 0 spiro atoms. The van der Waals surface area contributed by atoms with Crippen LogP contribution in [-0.4, -0.2) is 40.9 Å². The van der Waals surface area contributed by atoms with Crippen molar-refractivity contribution in [3.8, 4) is 0 Å². The number of aromatic nitrogens is 2. The average molecular weight is 455 g/mol. The van der Waals surface area contributed by atoms with Gasteiger partial charge < -0.3 is 15.6 Å². The number of halogens is 2.